The average Bonchev–Trinajstić information content (AvgIpc) is 2.61. The first-order valence-electron chi connectivity index (χ1n) is 7.60. The lowest BCUT2D eigenvalue weighted by molar-refractivity contribution is 0.102. The van der Waals surface area contributed by atoms with Gasteiger partial charge in [-0.25, -0.2) is 4.98 Å². The molecule has 4 heteroatoms. The SMILES string of the molecule is CCOCc1ccc2cccc(NC(=O)c3ccccc3)c2n1. The fraction of sp³-hybridized carbons (Fsp3) is 0.158. The number of para-hydroxylation sites is 1. The van der Waals surface area contributed by atoms with E-state index in [1.54, 1.807) is 12.1 Å². The van der Waals surface area contributed by atoms with Crippen molar-refractivity contribution in [2.24, 2.45) is 0 Å². The highest BCUT2D eigenvalue weighted by Crippen LogP contribution is 2.22. The number of amides is 1. The number of benzene rings is 2. The first kappa shape index (κ1) is 15.2. The lowest BCUT2D eigenvalue weighted by Crippen LogP contribution is -2.12. The maximum atomic E-state index is 12.4. The van der Waals surface area contributed by atoms with Gasteiger partial charge in [0.1, 0.15) is 0 Å². The Morgan fingerprint density at radius 2 is 1.87 bits per heavy atom. The number of hydrogen-bond acceptors (Lipinski definition) is 3. The zero-order chi connectivity index (χ0) is 16.1. The molecule has 0 fully saturated rings. The number of carbonyl (C=O) groups is 1. The van der Waals surface area contributed by atoms with Crippen molar-refractivity contribution in [1.29, 1.82) is 0 Å². The molecule has 0 aliphatic rings. The molecule has 3 rings (SSSR count). The zero-order valence-corrected chi connectivity index (χ0v) is 13.0. The number of ether oxygens (including phenoxy) is 1. The van der Waals surface area contributed by atoms with Gasteiger partial charge in [0.25, 0.3) is 5.91 Å². The van der Waals surface area contributed by atoms with Gasteiger partial charge in [0.2, 0.25) is 0 Å². The topological polar surface area (TPSA) is 51.2 Å². The van der Waals surface area contributed by atoms with Crippen LogP contribution in [0, 0.1) is 0 Å². The Bertz CT molecular complexity index is 816. The number of carbonyl (C=O) groups excluding carboxylic acids is 1. The van der Waals surface area contributed by atoms with E-state index >= 15 is 0 Å². The van der Waals surface area contributed by atoms with Crippen molar-refractivity contribution in [1.82, 2.24) is 4.98 Å². The Morgan fingerprint density at radius 3 is 2.65 bits per heavy atom. The van der Waals surface area contributed by atoms with Crippen molar-refractivity contribution in [2.75, 3.05) is 11.9 Å². The van der Waals surface area contributed by atoms with Crippen molar-refractivity contribution in [3.63, 3.8) is 0 Å². The van der Waals surface area contributed by atoms with Crippen molar-refractivity contribution in [3.8, 4) is 0 Å². The van der Waals surface area contributed by atoms with Gasteiger partial charge in [0.15, 0.2) is 0 Å². The predicted octanol–water partition coefficient (Wildman–Crippen LogP) is 4.02. The summed E-state index contributed by atoms with van der Waals surface area (Å²) in [5.74, 6) is -0.143. The highest BCUT2D eigenvalue weighted by Gasteiger charge is 2.09. The standard InChI is InChI=1S/C19H18N2O2/c1-2-23-13-16-12-11-14-9-6-10-17(18(14)20-16)21-19(22)15-7-4-3-5-8-15/h3-12H,2,13H2,1H3,(H,21,22). The van der Waals surface area contributed by atoms with Crippen LogP contribution in [0.5, 0.6) is 0 Å². The maximum Gasteiger partial charge on any atom is 0.255 e. The molecule has 0 aliphatic heterocycles. The monoisotopic (exact) mass is 306 g/mol. The largest absolute Gasteiger partial charge is 0.375 e. The molecule has 0 aliphatic carbocycles. The summed E-state index contributed by atoms with van der Waals surface area (Å²) in [6.07, 6.45) is 0. The number of aromatic nitrogens is 1. The molecule has 2 aromatic carbocycles. The van der Waals surface area contributed by atoms with E-state index in [1.807, 2.05) is 55.5 Å². The van der Waals surface area contributed by atoms with E-state index in [0.29, 0.717) is 24.5 Å². The van der Waals surface area contributed by atoms with Crippen LogP contribution < -0.4 is 5.32 Å². The molecule has 1 amide bonds. The van der Waals surface area contributed by atoms with E-state index in [9.17, 15) is 4.79 Å². The molecule has 0 atom stereocenters. The molecule has 1 heterocycles. The Morgan fingerprint density at radius 1 is 1.04 bits per heavy atom. The third-order valence-corrected chi connectivity index (χ3v) is 3.52. The second-order valence-electron chi connectivity index (χ2n) is 5.14. The number of pyridine rings is 1. The van der Waals surface area contributed by atoms with Gasteiger partial charge < -0.3 is 10.1 Å². The minimum Gasteiger partial charge on any atom is -0.375 e. The molecular weight excluding hydrogens is 288 g/mol. The molecule has 0 spiro atoms. The normalized spacial score (nSPS) is 10.7. The Labute approximate surface area is 135 Å². The molecule has 1 N–H and O–H groups in total. The minimum absolute atomic E-state index is 0.143. The van der Waals surface area contributed by atoms with Crippen LogP contribution in [0.2, 0.25) is 0 Å². The van der Waals surface area contributed by atoms with E-state index in [4.69, 9.17) is 4.74 Å². The number of anilines is 1. The fourth-order valence-electron chi connectivity index (χ4n) is 2.36. The summed E-state index contributed by atoms with van der Waals surface area (Å²) in [7, 11) is 0. The van der Waals surface area contributed by atoms with Crippen LogP contribution >= 0.6 is 0 Å². The van der Waals surface area contributed by atoms with Gasteiger partial charge in [-0.15, -0.1) is 0 Å². The molecule has 1 aromatic heterocycles. The number of hydrogen-bond donors (Lipinski definition) is 1. The smallest absolute Gasteiger partial charge is 0.255 e. The number of nitrogens with one attached hydrogen (secondary N) is 1. The predicted molar refractivity (Wildman–Crippen MR) is 91.5 cm³/mol. The molecule has 0 saturated heterocycles. The van der Waals surface area contributed by atoms with Crippen LogP contribution in [0.15, 0.2) is 60.7 Å². The molecule has 3 aromatic rings. The fourth-order valence-corrected chi connectivity index (χ4v) is 2.36. The summed E-state index contributed by atoms with van der Waals surface area (Å²) in [5.41, 5.74) is 2.94. The van der Waals surface area contributed by atoms with Crippen LogP contribution in [0.3, 0.4) is 0 Å². The Kier molecular flexibility index (Phi) is 4.64. The van der Waals surface area contributed by atoms with Crippen molar-refractivity contribution >= 4 is 22.5 Å². The van der Waals surface area contributed by atoms with Gasteiger partial charge in [-0.2, -0.15) is 0 Å². The molecule has 0 unspecified atom stereocenters. The van der Waals surface area contributed by atoms with E-state index in [2.05, 4.69) is 10.3 Å². The summed E-state index contributed by atoms with van der Waals surface area (Å²) in [6, 6.07) is 18.8. The molecule has 23 heavy (non-hydrogen) atoms. The molecule has 116 valence electrons. The lowest BCUT2D eigenvalue weighted by Gasteiger charge is -2.10. The van der Waals surface area contributed by atoms with Gasteiger partial charge in [-0.1, -0.05) is 36.4 Å². The molecule has 4 nitrogen and oxygen atoms in total. The highest BCUT2D eigenvalue weighted by atomic mass is 16.5. The van der Waals surface area contributed by atoms with Gasteiger partial charge in [0.05, 0.1) is 23.5 Å². The minimum atomic E-state index is -0.143. The van der Waals surface area contributed by atoms with Crippen LogP contribution in [0.4, 0.5) is 5.69 Å². The second-order valence-corrected chi connectivity index (χ2v) is 5.14. The highest BCUT2D eigenvalue weighted by molar-refractivity contribution is 6.08. The van der Waals surface area contributed by atoms with Crippen LogP contribution in [0.1, 0.15) is 23.0 Å². The first-order chi connectivity index (χ1) is 11.3. The summed E-state index contributed by atoms with van der Waals surface area (Å²) >= 11 is 0. The summed E-state index contributed by atoms with van der Waals surface area (Å²) in [4.78, 5) is 17.0. The Hall–Kier alpha value is -2.72. The molecule has 0 bridgehead atoms. The average molecular weight is 306 g/mol. The zero-order valence-electron chi connectivity index (χ0n) is 13.0. The van der Waals surface area contributed by atoms with Crippen molar-refractivity contribution in [3.05, 3.63) is 71.9 Å². The summed E-state index contributed by atoms with van der Waals surface area (Å²) in [5, 5.41) is 3.92. The van der Waals surface area contributed by atoms with E-state index in [1.165, 1.54) is 0 Å². The quantitative estimate of drug-likeness (QED) is 0.774. The third-order valence-electron chi connectivity index (χ3n) is 3.52. The second kappa shape index (κ2) is 7.03. The number of fused-ring (bicyclic) bond motifs is 1. The van der Waals surface area contributed by atoms with Gasteiger partial charge >= 0.3 is 0 Å². The lowest BCUT2D eigenvalue weighted by atomic mass is 10.1. The van der Waals surface area contributed by atoms with Gasteiger partial charge in [-0.3, -0.25) is 4.79 Å². The number of rotatable bonds is 5. The molecular formula is C19H18N2O2. The maximum absolute atomic E-state index is 12.4. The molecule has 0 saturated carbocycles. The van der Waals surface area contributed by atoms with Gasteiger partial charge in [-0.05, 0) is 31.2 Å². The van der Waals surface area contributed by atoms with Crippen molar-refractivity contribution < 1.29 is 9.53 Å². The Balaban J connectivity index is 1.92. The van der Waals surface area contributed by atoms with Gasteiger partial charge in [0, 0.05) is 17.6 Å². The van der Waals surface area contributed by atoms with Crippen LogP contribution in [-0.4, -0.2) is 17.5 Å². The first-order valence-corrected chi connectivity index (χ1v) is 7.60. The van der Waals surface area contributed by atoms with E-state index in [-0.39, 0.29) is 5.91 Å². The third kappa shape index (κ3) is 3.55. The molecule has 0 radical (unpaired) electrons. The van der Waals surface area contributed by atoms with E-state index < -0.39 is 0 Å². The van der Waals surface area contributed by atoms with Crippen LogP contribution in [-0.2, 0) is 11.3 Å². The summed E-state index contributed by atoms with van der Waals surface area (Å²) in [6.45, 7) is 3.06. The van der Waals surface area contributed by atoms with Crippen molar-refractivity contribution in [2.45, 2.75) is 13.5 Å². The van der Waals surface area contributed by atoms with E-state index in [0.717, 1.165) is 16.6 Å². The number of nitrogens with zero attached hydrogens (tertiary/aromatic N) is 1. The van der Waals surface area contributed by atoms with Crippen LogP contribution in [0.25, 0.3) is 10.9 Å². The summed E-state index contributed by atoms with van der Waals surface area (Å²) < 4.78 is 5.41.